The van der Waals surface area contributed by atoms with Gasteiger partial charge in [0.25, 0.3) is 0 Å². The van der Waals surface area contributed by atoms with E-state index in [-0.39, 0.29) is 0 Å². The minimum absolute atomic E-state index is 0.619. The summed E-state index contributed by atoms with van der Waals surface area (Å²) in [4.78, 5) is 7.31. The Kier molecular flexibility index (Phi) is 5.19. The number of halogens is 2. The van der Waals surface area contributed by atoms with Gasteiger partial charge in [-0.25, -0.2) is 4.98 Å². The molecule has 5 heteroatoms. The Hall–Kier alpha value is -0.580. The van der Waals surface area contributed by atoms with Gasteiger partial charge in [-0.1, -0.05) is 22.4 Å². The Morgan fingerprint density at radius 2 is 1.95 bits per heavy atom. The zero-order valence-corrected chi connectivity index (χ0v) is 14.5. The van der Waals surface area contributed by atoms with Crippen molar-refractivity contribution in [3.8, 4) is 0 Å². The van der Waals surface area contributed by atoms with E-state index in [1.807, 2.05) is 0 Å². The van der Waals surface area contributed by atoms with Crippen LogP contribution in [0.5, 0.6) is 0 Å². The van der Waals surface area contributed by atoms with Crippen molar-refractivity contribution >= 4 is 38.6 Å². The number of fused-ring (bicyclic) bond motifs is 1. The highest BCUT2D eigenvalue weighted by Crippen LogP contribution is 2.22. The number of alkyl halides is 1. The van der Waals surface area contributed by atoms with Crippen molar-refractivity contribution < 1.29 is 0 Å². The molecular formula is C16H21BrClN3. The summed E-state index contributed by atoms with van der Waals surface area (Å²) < 4.78 is 3.45. The van der Waals surface area contributed by atoms with Crippen LogP contribution in [0.25, 0.3) is 11.0 Å². The molecule has 1 aromatic carbocycles. The quantitative estimate of drug-likeness (QED) is 0.740. The molecule has 0 N–H and O–H groups in total. The van der Waals surface area contributed by atoms with Gasteiger partial charge < -0.3 is 9.47 Å². The molecule has 1 fully saturated rings. The molecule has 0 atom stereocenters. The van der Waals surface area contributed by atoms with Crippen molar-refractivity contribution in [2.45, 2.75) is 32.2 Å². The first-order valence-electron chi connectivity index (χ1n) is 7.71. The van der Waals surface area contributed by atoms with Crippen LogP contribution in [0.2, 0.25) is 0 Å². The van der Waals surface area contributed by atoms with E-state index in [9.17, 15) is 0 Å². The van der Waals surface area contributed by atoms with Gasteiger partial charge >= 0.3 is 0 Å². The maximum absolute atomic E-state index is 5.94. The van der Waals surface area contributed by atoms with Gasteiger partial charge in [0.05, 0.1) is 11.0 Å². The minimum atomic E-state index is 0.619. The average Bonchev–Trinajstić information content (AvgIpc) is 2.83. The highest BCUT2D eigenvalue weighted by molar-refractivity contribution is 9.10. The molecule has 1 aromatic heterocycles. The summed E-state index contributed by atoms with van der Waals surface area (Å²) in [6.07, 6.45) is 4.89. The number of hydrogen-bond acceptors (Lipinski definition) is 2. The second kappa shape index (κ2) is 7.12. The van der Waals surface area contributed by atoms with Crippen LogP contribution in [0.4, 0.5) is 0 Å². The van der Waals surface area contributed by atoms with E-state index in [1.54, 1.807) is 0 Å². The van der Waals surface area contributed by atoms with Gasteiger partial charge in [-0.05, 0) is 44.1 Å². The molecule has 0 saturated carbocycles. The number of likely N-dealkylation sites (tertiary alicyclic amines) is 1. The molecule has 0 spiro atoms. The van der Waals surface area contributed by atoms with Crippen molar-refractivity contribution in [1.82, 2.24) is 14.5 Å². The van der Waals surface area contributed by atoms with Crippen LogP contribution >= 0.6 is 27.5 Å². The molecule has 0 aliphatic carbocycles. The van der Waals surface area contributed by atoms with Crippen molar-refractivity contribution in [1.29, 1.82) is 0 Å². The topological polar surface area (TPSA) is 21.1 Å². The molecule has 2 heterocycles. The number of aromatic nitrogens is 2. The maximum atomic E-state index is 5.94. The normalized spacial score (nSPS) is 16.7. The van der Waals surface area contributed by atoms with Crippen LogP contribution in [0, 0.1) is 0 Å². The van der Waals surface area contributed by atoms with Crippen LogP contribution in [-0.4, -0.2) is 40.0 Å². The molecule has 0 radical (unpaired) electrons. The highest BCUT2D eigenvalue weighted by Gasteiger charge is 2.14. The summed E-state index contributed by atoms with van der Waals surface area (Å²) in [6, 6.07) is 6.29. The summed E-state index contributed by atoms with van der Waals surface area (Å²) in [5, 5.41) is 0. The molecule has 114 valence electrons. The van der Waals surface area contributed by atoms with Crippen LogP contribution in [-0.2, 0) is 13.0 Å². The third-order valence-corrected chi connectivity index (χ3v) is 4.88. The van der Waals surface area contributed by atoms with Gasteiger partial charge in [0.15, 0.2) is 0 Å². The number of aryl methyl sites for hydroxylation is 1. The first-order chi connectivity index (χ1) is 10.3. The number of hydrogen-bond donors (Lipinski definition) is 0. The summed E-state index contributed by atoms with van der Waals surface area (Å²) in [5.41, 5.74) is 2.28. The lowest BCUT2D eigenvalue weighted by Gasteiger charge is -2.26. The van der Waals surface area contributed by atoms with Crippen LogP contribution in [0.1, 0.15) is 25.1 Å². The standard InChI is InChI=1S/C16H21BrClN3/c17-13-4-5-14-15(12-13)21(16(19-14)6-7-18)11-10-20-8-2-1-3-9-20/h4-5,12H,1-3,6-11H2. The van der Waals surface area contributed by atoms with E-state index in [1.165, 1.54) is 37.9 Å². The van der Waals surface area contributed by atoms with E-state index in [4.69, 9.17) is 16.6 Å². The fourth-order valence-electron chi connectivity index (χ4n) is 3.10. The highest BCUT2D eigenvalue weighted by atomic mass is 79.9. The lowest BCUT2D eigenvalue weighted by Crippen LogP contribution is -2.32. The van der Waals surface area contributed by atoms with Crippen molar-refractivity contribution in [3.63, 3.8) is 0 Å². The second-order valence-electron chi connectivity index (χ2n) is 5.65. The lowest BCUT2D eigenvalue weighted by atomic mass is 10.1. The van der Waals surface area contributed by atoms with E-state index in [0.717, 1.165) is 35.3 Å². The molecule has 3 rings (SSSR count). The second-order valence-corrected chi connectivity index (χ2v) is 6.95. The van der Waals surface area contributed by atoms with Crippen LogP contribution < -0.4 is 0 Å². The van der Waals surface area contributed by atoms with Gasteiger partial charge in [-0.3, -0.25) is 0 Å². The van der Waals surface area contributed by atoms with E-state index in [2.05, 4.69) is 43.6 Å². The van der Waals surface area contributed by atoms with E-state index >= 15 is 0 Å². The molecule has 1 aliphatic rings. The van der Waals surface area contributed by atoms with Crippen LogP contribution in [0.15, 0.2) is 22.7 Å². The average molecular weight is 371 g/mol. The van der Waals surface area contributed by atoms with Gasteiger partial charge in [0, 0.05) is 29.9 Å². The molecule has 2 aromatic rings. The molecule has 1 aliphatic heterocycles. The summed E-state index contributed by atoms with van der Waals surface area (Å²) >= 11 is 9.51. The Morgan fingerprint density at radius 3 is 2.71 bits per heavy atom. The third-order valence-electron chi connectivity index (χ3n) is 4.20. The Balaban J connectivity index is 1.83. The number of benzene rings is 1. The number of piperidine rings is 1. The number of rotatable bonds is 5. The zero-order valence-electron chi connectivity index (χ0n) is 12.2. The zero-order chi connectivity index (χ0) is 14.7. The third kappa shape index (κ3) is 3.61. The van der Waals surface area contributed by atoms with Crippen molar-refractivity contribution in [2.75, 3.05) is 25.5 Å². The smallest absolute Gasteiger partial charge is 0.111 e. The van der Waals surface area contributed by atoms with Gasteiger partial charge in [-0.15, -0.1) is 11.6 Å². The fourth-order valence-corrected chi connectivity index (χ4v) is 3.61. The lowest BCUT2D eigenvalue weighted by molar-refractivity contribution is 0.221. The Morgan fingerprint density at radius 1 is 1.14 bits per heavy atom. The number of nitrogens with zero attached hydrogens (tertiary/aromatic N) is 3. The Bertz CT molecular complexity index is 605. The SMILES string of the molecule is ClCCc1nc2ccc(Br)cc2n1CCN1CCCCC1. The molecular weight excluding hydrogens is 350 g/mol. The number of imidazole rings is 1. The van der Waals surface area contributed by atoms with Crippen LogP contribution in [0.3, 0.4) is 0 Å². The molecule has 0 unspecified atom stereocenters. The maximum Gasteiger partial charge on any atom is 0.111 e. The van der Waals surface area contributed by atoms with E-state index < -0.39 is 0 Å². The minimum Gasteiger partial charge on any atom is -0.327 e. The first-order valence-corrected chi connectivity index (χ1v) is 9.03. The van der Waals surface area contributed by atoms with Gasteiger partial charge in [0.2, 0.25) is 0 Å². The van der Waals surface area contributed by atoms with Gasteiger partial charge in [-0.2, -0.15) is 0 Å². The predicted octanol–water partition coefficient (Wildman–Crippen LogP) is 4.07. The predicted molar refractivity (Wildman–Crippen MR) is 92.1 cm³/mol. The summed E-state index contributed by atoms with van der Waals surface area (Å²) in [5.74, 6) is 1.73. The van der Waals surface area contributed by atoms with Gasteiger partial charge in [0.1, 0.15) is 5.82 Å². The monoisotopic (exact) mass is 369 g/mol. The molecule has 0 bridgehead atoms. The van der Waals surface area contributed by atoms with E-state index in [0.29, 0.717) is 5.88 Å². The largest absolute Gasteiger partial charge is 0.327 e. The first kappa shape index (κ1) is 15.3. The summed E-state index contributed by atoms with van der Waals surface area (Å²) in [7, 11) is 0. The summed E-state index contributed by atoms with van der Waals surface area (Å²) in [6.45, 7) is 4.58. The van der Waals surface area contributed by atoms with Crippen molar-refractivity contribution in [2.24, 2.45) is 0 Å². The van der Waals surface area contributed by atoms with Crippen molar-refractivity contribution in [3.05, 3.63) is 28.5 Å². The fraction of sp³-hybridized carbons (Fsp3) is 0.562. The Labute approximate surface area is 139 Å². The molecule has 21 heavy (non-hydrogen) atoms. The molecule has 0 amide bonds. The molecule has 3 nitrogen and oxygen atoms in total. The molecule has 1 saturated heterocycles.